The van der Waals surface area contributed by atoms with Crippen LogP contribution in [0.3, 0.4) is 0 Å². The number of hydrogen-bond donors (Lipinski definition) is 5. The molecular formula is C35H30FNO11. The van der Waals surface area contributed by atoms with Crippen molar-refractivity contribution in [1.29, 1.82) is 0 Å². The SMILES string of the molecule is O=C(CO[C@H]1C(=O)N(c2ccccc2)[C@@H]1c1ccc(-c2cccc(O)c2)cc1O[C@@H]1OC(C(=O)O)C(O)[C@H](O)C1O)c1ccc(F)cc1. The third-order valence-electron chi connectivity index (χ3n) is 8.21. The third-order valence-corrected chi connectivity index (χ3v) is 8.21. The molecule has 0 spiro atoms. The van der Waals surface area contributed by atoms with Gasteiger partial charge in [0.15, 0.2) is 18.0 Å². The van der Waals surface area contributed by atoms with E-state index in [1.165, 1.54) is 35.2 Å². The molecule has 2 saturated heterocycles. The van der Waals surface area contributed by atoms with Crippen LogP contribution in [0.4, 0.5) is 10.1 Å². The lowest BCUT2D eigenvalue weighted by molar-refractivity contribution is -0.271. The van der Waals surface area contributed by atoms with Crippen LogP contribution >= 0.6 is 0 Å². The van der Waals surface area contributed by atoms with E-state index in [9.17, 15) is 44.3 Å². The zero-order valence-corrected chi connectivity index (χ0v) is 25.0. The van der Waals surface area contributed by atoms with E-state index < -0.39 is 72.9 Å². The number of nitrogens with zero attached hydrogens (tertiary/aromatic N) is 1. The molecule has 5 N–H and O–H groups in total. The molecule has 1 amide bonds. The van der Waals surface area contributed by atoms with Gasteiger partial charge in [0, 0.05) is 16.8 Å². The van der Waals surface area contributed by atoms with Gasteiger partial charge in [-0.25, -0.2) is 9.18 Å². The maximum Gasteiger partial charge on any atom is 0.335 e. The third kappa shape index (κ3) is 6.37. The number of amides is 1. The lowest BCUT2D eigenvalue weighted by Crippen LogP contribution is -2.62. The van der Waals surface area contributed by atoms with Gasteiger partial charge < -0.3 is 39.7 Å². The Balaban J connectivity index is 1.40. The Morgan fingerprint density at radius 3 is 2.23 bits per heavy atom. The van der Waals surface area contributed by atoms with Crippen molar-refractivity contribution in [2.45, 2.75) is 42.9 Å². The number of ether oxygens (including phenoxy) is 3. The number of ketones is 1. The molecule has 0 bridgehead atoms. The van der Waals surface area contributed by atoms with Crippen molar-refractivity contribution in [2.24, 2.45) is 0 Å². The molecule has 4 aromatic rings. The Hall–Kier alpha value is -5.18. The number of aliphatic hydroxyl groups excluding tert-OH is 3. The number of hydrogen-bond acceptors (Lipinski definition) is 10. The molecular weight excluding hydrogens is 629 g/mol. The van der Waals surface area contributed by atoms with E-state index in [1.807, 2.05) is 0 Å². The topological polar surface area (TPSA) is 183 Å². The number of carbonyl (C=O) groups is 3. The van der Waals surface area contributed by atoms with Crippen molar-refractivity contribution in [3.05, 3.63) is 114 Å². The number of carboxylic acids is 1. The first-order chi connectivity index (χ1) is 23.0. The molecule has 248 valence electrons. The van der Waals surface area contributed by atoms with Crippen LogP contribution in [0.1, 0.15) is 22.0 Å². The van der Waals surface area contributed by atoms with Crippen LogP contribution in [-0.2, 0) is 19.1 Å². The van der Waals surface area contributed by atoms with Crippen LogP contribution < -0.4 is 9.64 Å². The molecule has 0 aromatic heterocycles. The summed E-state index contributed by atoms with van der Waals surface area (Å²) in [5.74, 6) is -3.16. The van der Waals surface area contributed by atoms with E-state index in [0.717, 1.165) is 12.1 Å². The molecule has 7 atom stereocenters. The summed E-state index contributed by atoms with van der Waals surface area (Å²) < 4.78 is 30.7. The van der Waals surface area contributed by atoms with Gasteiger partial charge in [0.1, 0.15) is 48.3 Å². The Morgan fingerprint density at radius 1 is 0.833 bits per heavy atom. The van der Waals surface area contributed by atoms with Crippen LogP contribution in [0.25, 0.3) is 11.1 Å². The average molecular weight is 660 g/mol. The van der Waals surface area contributed by atoms with Gasteiger partial charge in [-0.2, -0.15) is 0 Å². The van der Waals surface area contributed by atoms with Crippen molar-refractivity contribution in [1.82, 2.24) is 0 Å². The molecule has 2 heterocycles. The quantitative estimate of drug-likeness (QED) is 0.125. The largest absolute Gasteiger partial charge is 0.508 e. The molecule has 6 rings (SSSR count). The molecule has 2 aliphatic rings. The predicted octanol–water partition coefficient (Wildman–Crippen LogP) is 2.83. The average Bonchev–Trinajstić information content (AvgIpc) is 3.08. The lowest BCUT2D eigenvalue weighted by atomic mass is 9.87. The molecule has 48 heavy (non-hydrogen) atoms. The molecule has 0 radical (unpaired) electrons. The molecule has 0 saturated carbocycles. The second kappa shape index (κ2) is 13.5. The van der Waals surface area contributed by atoms with Gasteiger partial charge in [-0.05, 0) is 65.7 Å². The summed E-state index contributed by atoms with van der Waals surface area (Å²) in [6, 6.07) is 23.6. The molecule has 13 heteroatoms. The summed E-state index contributed by atoms with van der Waals surface area (Å²) in [6.07, 6.45) is -10.7. The molecule has 4 aromatic carbocycles. The lowest BCUT2D eigenvalue weighted by Gasteiger charge is -2.47. The predicted molar refractivity (Wildman–Crippen MR) is 166 cm³/mol. The fourth-order valence-corrected chi connectivity index (χ4v) is 5.71. The van der Waals surface area contributed by atoms with Crippen molar-refractivity contribution in [3.63, 3.8) is 0 Å². The number of phenolic OH excluding ortho intramolecular Hbond substituents is 1. The molecule has 0 aliphatic carbocycles. The number of β-lactam (4-membered cyclic amide) rings is 1. The minimum Gasteiger partial charge on any atom is -0.508 e. The highest BCUT2D eigenvalue weighted by Gasteiger charge is 2.52. The van der Waals surface area contributed by atoms with Crippen molar-refractivity contribution < 1.29 is 58.5 Å². The maximum absolute atomic E-state index is 13.6. The fraction of sp³-hybridized carbons (Fsp3) is 0.229. The Labute approximate surface area is 272 Å². The van der Waals surface area contributed by atoms with Gasteiger partial charge in [0.05, 0.1) is 0 Å². The number of para-hydroxylation sites is 1. The van der Waals surface area contributed by atoms with E-state index in [0.29, 0.717) is 22.4 Å². The second-order valence-electron chi connectivity index (χ2n) is 11.3. The van der Waals surface area contributed by atoms with E-state index in [2.05, 4.69) is 0 Å². The van der Waals surface area contributed by atoms with Crippen LogP contribution in [0.2, 0.25) is 0 Å². The first kappa shape index (κ1) is 32.7. The van der Waals surface area contributed by atoms with Gasteiger partial charge in [0.2, 0.25) is 6.29 Å². The van der Waals surface area contributed by atoms with Crippen LogP contribution in [-0.4, -0.2) is 86.6 Å². The minimum absolute atomic E-state index is 0.0226. The van der Waals surface area contributed by atoms with E-state index in [-0.39, 0.29) is 17.1 Å². The summed E-state index contributed by atoms with van der Waals surface area (Å²) in [5.41, 5.74) is 2.02. The smallest absolute Gasteiger partial charge is 0.335 e. The Kier molecular flexibility index (Phi) is 9.22. The number of halogens is 1. The zero-order chi connectivity index (χ0) is 34.1. The number of carbonyl (C=O) groups excluding carboxylic acids is 2. The normalized spacial score (nSPS) is 25.3. The van der Waals surface area contributed by atoms with Gasteiger partial charge in [0.25, 0.3) is 5.91 Å². The van der Waals surface area contributed by atoms with Crippen molar-refractivity contribution in [3.8, 4) is 22.6 Å². The van der Waals surface area contributed by atoms with E-state index >= 15 is 0 Å². The van der Waals surface area contributed by atoms with E-state index in [4.69, 9.17) is 14.2 Å². The summed E-state index contributed by atoms with van der Waals surface area (Å²) in [4.78, 5) is 39.7. The standard InChI is InChI=1S/C35H30FNO11/c36-21-12-9-18(10-13-21)25(39)17-46-31-27(37(33(31)43)22-6-2-1-3-7-22)24-14-11-20(19-5-4-8-23(38)15-19)16-26(24)47-35-30(42)28(40)29(41)32(48-35)34(44)45/h1-16,27-32,35,38,40-42H,17H2,(H,44,45)/t27-,28+,29?,30?,31-,32?,35-/m1/s1. The molecule has 12 nitrogen and oxygen atoms in total. The summed E-state index contributed by atoms with van der Waals surface area (Å²) in [6.45, 7) is -0.520. The number of carboxylic acid groups (broad SMARTS) is 1. The minimum atomic E-state index is -1.95. The number of anilines is 1. The van der Waals surface area contributed by atoms with Crippen LogP contribution in [0.5, 0.6) is 11.5 Å². The van der Waals surface area contributed by atoms with Gasteiger partial charge >= 0.3 is 5.97 Å². The number of aliphatic carboxylic acids is 1. The highest BCUT2D eigenvalue weighted by molar-refractivity contribution is 6.06. The van der Waals surface area contributed by atoms with Gasteiger partial charge in [-0.15, -0.1) is 0 Å². The molecule has 2 fully saturated rings. The summed E-state index contributed by atoms with van der Waals surface area (Å²) in [7, 11) is 0. The highest BCUT2D eigenvalue weighted by Crippen LogP contribution is 2.46. The summed E-state index contributed by atoms with van der Waals surface area (Å²) in [5, 5.41) is 51.0. The number of rotatable bonds is 10. The van der Waals surface area contributed by atoms with Crippen molar-refractivity contribution >= 4 is 23.3 Å². The molecule has 2 aliphatic heterocycles. The Morgan fingerprint density at radius 2 is 1.54 bits per heavy atom. The van der Waals surface area contributed by atoms with Crippen molar-refractivity contribution in [2.75, 3.05) is 11.5 Å². The molecule has 3 unspecified atom stereocenters. The van der Waals surface area contributed by atoms with Gasteiger partial charge in [-0.1, -0.05) is 42.5 Å². The number of aromatic hydroxyl groups is 1. The van der Waals surface area contributed by atoms with E-state index in [1.54, 1.807) is 54.6 Å². The first-order valence-electron chi connectivity index (χ1n) is 14.8. The number of benzene rings is 4. The maximum atomic E-state index is 13.6. The van der Waals surface area contributed by atoms with Gasteiger partial charge in [-0.3, -0.25) is 14.5 Å². The zero-order valence-electron chi connectivity index (χ0n) is 25.0. The highest BCUT2D eigenvalue weighted by atomic mass is 19.1. The number of Topliss-reactive ketones (excluding diaryl/α,β-unsaturated/α-hetero) is 1. The second-order valence-corrected chi connectivity index (χ2v) is 11.3. The monoisotopic (exact) mass is 659 g/mol. The van der Waals surface area contributed by atoms with Crippen LogP contribution in [0, 0.1) is 5.82 Å². The summed E-state index contributed by atoms with van der Waals surface area (Å²) >= 11 is 0. The number of phenols is 1. The number of aliphatic hydroxyl groups is 3. The fourth-order valence-electron chi connectivity index (χ4n) is 5.71. The first-order valence-corrected chi connectivity index (χ1v) is 14.8. The Bertz CT molecular complexity index is 1820. The van der Waals surface area contributed by atoms with Crippen LogP contribution in [0.15, 0.2) is 97.1 Å².